The standard InChI is InChI=1S/C13H20N2O/c1-9-6-11(7-10(2)12(9)16-3)15-8-13(14)4-5-13/h6-7,15H,4-5,8,14H2,1-3H3. The molecule has 1 aliphatic carbocycles. The minimum atomic E-state index is 0.0434. The molecular formula is C13H20N2O. The highest BCUT2D eigenvalue weighted by Gasteiger charge is 2.37. The van der Waals surface area contributed by atoms with Crippen LogP contribution in [0.1, 0.15) is 24.0 Å². The maximum Gasteiger partial charge on any atom is 0.124 e. The number of hydrogen-bond donors (Lipinski definition) is 2. The number of aryl methyl sites for hydroxylation is 2. The van der Waals surface area contributed by atoms with Crippen molar-refractivity contribution in [3.05, 3.63) is 23.3 Å². The van der Waals surface area contributed by atoms with Crippen LogP contribution >= 0.6 is 0 Å². The molecule has 2 rings (SSSR count). The molecule has 0 heterocycles. The summed E-state index contributed by atoms with van der Waals surface area (Å²) in [5.74, 6) is 0.972. The van der Waals surface area contributed by atoms with E-state index in [4.69, 9.17) is 10.5 Å². The lowest BCUT2D eigenvalue weighted by molar-refractivity contribution is 0.408. The van der Waals surface area contributed by atoms with Gasteiger partial charge < -0.3 is 15.8 Å². The van der Waals surface area contributed by atoms with Gasteiger partial charge in [-0.1, -0.05) is 0 Å². The molecule has 88 valence electrons. The summed E-state index contributed by atoms with van der Waals surface area (Å²) in [7, 11) is 1.71. The van der Waals surface area contributed by atoms with E-state index >= 15 is 0 Å². The van der Waals surface area contributed by atoms with E-state index in [1.807, 2.05) is 0 Å². The first-order valence-corrected chi connectivity index (χ1v) is 5.72. The number of methoxy groups -OCH3 is 1. The summed E-state index contributed by atoms with van der Waals surface area (Å²) in [4.78, 5) is 0. The third-order valence-electron chi connectivity index (χ3n) is 3.20. The zero-order valence-electron chi connectivity index (χ0n) is 10.3. The Morgan fingerprint density at radius 1 is 1.31 bits per heavy atom. The molecule has 0 bridgehead atoms. The van der Waals surface area contributed by atoms with Crippen molar-refractivity contribution >= 4 is 5.69 Å². The summed E-state index contributed by atoms with van der Waals surface area (Å²) >= 11 is 0. The number of ether oxygens (including phenoxy) is 1. The second kappa shape index (κ2) is 3.98. The number of hydrogen-bond acceptors (Lipinski definition) is 3. The number of nitrogens with two attached hydrogens (primary N) is 1. The van der Waals surface area contributed by atoms with Gasteiger partial charge in [-0.05, 0) is 49.9 Å². The molecule has 1 fully saturated rings. The monoisotopic (exact) mass is 220 g/mol. The van der Waals surface area contributed by atoms with Crippen molar-refractivity contribution in [2.45, 2.75) is 32.2 Å². The molecule has 1 aromatic carbocycles. The van der Waals surface area contributed by atoms with Crippen LogP contribution in [0.25, 0.3) is 0 Å². The maximum absolute atomic E-state index is 6.04. The first kappa shape index (κ1) is 11.3. The highest BCUT2D eigenvalue weighted by molar-refractivity contribution is 5.55. The van der Waals surface area contributed by atoms with E-state index in [-0.39, 0.29) is 5.54 Å². The zero-order valence-corrected chi connectivity index (χ0v) is 10.3. The predicted molar refractivity (Wildman–Crippen MR) is 67.1 cm³/mol. The van der Waals surface area contributed by atoms with Crippen molar-refractivity contribution in [2.24, 2.45) is 5.73 Å². The van der Waals surface area contributed by atoms with Gasteiger partial charge in [-0.2, -0.15) is 0 Å². The van der Waals surface area contributed by atoms with Crippen LogP contribution in [0, 0.1) is 13.8 Å². The molecule has 16 heavy (non-hydrogen) atoms. The normalized spacial score (nSPS) is 17.0. The smallest absolute Gasteiger partial charge is 0.124 e. The Labute approximate surface area is 97.0 Å². The summed E-state index contributed by atoms with van der Waals surface area (Å²) < 4.78 is 5.34. The lowest BCUT2D eigenvalue weighted by atomic mass is 10.1. The number of rotatable bonds is 4. The zero-order chi connectivity index (χ0) is 11.8. The summed E-state index contributed by atoms with van der Waals surface area (Å²) in [5, 5.41) is 3.40. The number of nitrogens with one attached hydrogen (secondary N) is 1. The van der Waals surface area contributed by atoms with Crippen LogP contribution in [0.4, 0.5) is 5.69 Å². The van der Waals surface area contributed by atoms with Crippen molar-refractivity contribution in [2.75, 3.05) is 19.0 Å². The topological polar surface area (TPSA) is 47.3 Å². The molecular weight excluding hydrogens is 200 g/mol. The number of benzene rings is 1. The Kier molecular flexibility index (Phi) is 2.80. The van der Waals surface area contributed by atoms with E-state index in [0.717, 1.165) is 42.0 Å². The fourth-order valence-electron chi connectivity index (χ4n) is 1.99. The third kappa shape index (κ3) is 2.30. The van der Waals surface area contributed by atoms with E-state index in [2.05, 4.69) is 31.3 Å². The fourth-order valence-corrected chi connectivity index (χ4v) is 1.99. The highest BCUT2D eigenvalue weighted by atomic mass is 16.5. The van der Waals surface area contributed by atoms with Crippen molar-refractivity contribution in [3.63, 3.8) is 0 Å². The van der Waals surface area contributed by atoms with Gasteiger partial charge in [0.2, 0.25) is 0 Å². The van der Waals surface area contributed by atoms with Crippen molar-refractivity contribution < 1.29 is 4.74 Å². The Morgan fingerprint density at radius 3 is 2.31 bits per heavy atom. The lowest BCUT2D eigenvalue weighted by Crippen LogP contribution is -2.31. The number of anilines is 1. The van der Waals surface area contributed by atoms with Gasteiger partial charge in [-0.25, -0.2) is 0 Å². The first-order chi connectivity index (χ1) is 7.54. The Morgan fingerprint density at radius 2 is 1.88 bits per heavy atom. The second-order valence-corrected chi connectivity index (χ2v) is 4.86. The molecule has 3 N–H and O–H groups in total. The van der Waals surface area contributed by atoms with Gasteiger partial charge in [0, 0.05) is 17.8 Å². The maximum atomic E-state index is 6.04. The fraction of sp³-hybridized carbons (Fsp3) is 0.538. The molecule has 0 saturated heterocycles. The molecule has 1 aromatic rings. The van der Waals surface area contributed by atoms with Crippen molar-refractivity contribution in [1.82, 2.24) is 0 Å². The molecule has 1 aliphatic rings. The molecule has 3 heteroatoms. The lowest BCUT2D eigenvalue weighted by Gasteiger charge is -2.15. The molecule has 0 aromatic heterocycles. The molecule has 0 unspecified atom stereocenters. The second-order valence-electron chi connectivity index (χ2n) is 4.86. The van der Waals surface area contributed by atoms with Gasteiger partial charge in [-0.15, -0.1) is 0 Å². The van der Waals surface area contributed by atoms with Crippen LogP contribution in [0.2, 0.25) is 0 Å². The molecule has 3 nitrogen and oxygen atoms in total. The molecule has 0 amide bonds. The molecule has 0 spiro atoms. The quantitative estimate of drug-likeness (QED) is 0.818. The van der Waals surface area contributed by atoms with E-state index in [1.165, 1.54) is 0 Å². The Hall–Kier alpha value is -1.22. The van der Waals surface area contributed by atoms with Gasteiger partial charge in [0.25, 0.3) is 0 Å². The molecule has 1 saturated carbocycles. The summed E-state index contributed by atoms with van der Waals surface area (Å²) in [6.07, 6.45) is 2.27. The van der Waals surface area contributed by atoms with Crippen LogP contribution in [-0.2, 0) is 0 Å². The minimum absolute atomic E-state index is 0.0434. The molecule has 0 aliphatic heterocycles. The Balaban J connectivity index is 2.10. The van der Waals surface area contributed by atoms with Gasteiger partial charge in [0.15, 0.2) is 0 Å². The first-order valence-electron chi connectivity index (χ1n) is 5.72. The largest absolute Gasteiger partial charge is 0.496 e. The van der Waals surface area contributed by atoms with Crippen molar-refractivity contribution in [1.29, 1.82) is 0 Å². The third-order valence-corrected chi connectivity index (χ3v) is 3.20. The van der Waals surface area contributed by atoms with E-state index in [0.29, 0.717) is 0 Å². The van der Waals surface area contributed by atoms with Crippen LogP contribution in [0.5, 0.6) is 5.75 Å². The summed E-state index contributed by atoms with van der Waals surface area (Å²) in [6.45, 7) is 4.98. The summed E-state index contributed by atoms with van der Waals surface area (Å²) in [5.41, 5.74) is 9.53. The van der Waals surface area contributed by atoms with E-state index < -0.39 is 0 Å². The van der Waals surface area contributed by atoms with Crippen LogP contribution in [-0.4, -0.2) is 19.2 Å². The van der Waals surface area contributed by atoms with Crippen LogP contribution in [0.3, 0.4) is 0 Å². The minimum Gasteiger partial charge on any atom is -0.496 e. The summed E-state index contributed by atoms with van der Waals surface area (Å²) in [6, 6.07) is 4.22. The van der Waals surface area contributed by atoms with Crippen LogP contribution in [0.15, 0.2) is 12.1 Å². The SMILES string of the molecule is COc1c(C)cc(NCC2(N)CC2)cc1C. The average molecular weight is 220 g/mol. The van der Waals surface area contributed by atoms with Gasteiger partial charge >= 0.3 is 0 Å². The molecule has 0 radical (unpaired) electrons. The van der Waals surface area contributed by atoms with Crippen LogP contribution < -0.4 is 15.8 Å². The van der Waals surface area contributed by atoms with Crippen molar-refractivity contribution in [3.8, 4) is 5.75 Å². The average Bonchev–Trinajstić information content (AvgIpc) is 2.94. The highest BCUT2D eigenvalue weighted by Crippen LogP contribution is 2.33. The van der Waals surface area contributed by atoms with Gasteiger partial charge in [0.05, 0.1) is 7.11 Å². The Bertz CT molecular complexity index is 374. The van der Waals surface area contributed by atoms with E-state index in [1.54, 1.807) is 7.11 Å². The predicted octanol–water partition coefficient (Wildman–Crippen LogP) is 2.22. The van der Waals surface area contributed by atoms with Gasteiger partial charge in [0.1, 0.15) is 5.75 Å². The van der Waals surface area contributed by atoms with Gasteiger partial charge in [-0.3, -0.25) is 0 Å². The van der Waals surface area contributed by atoms with E-state index in [9.17, 15) is 0 Å². The molecule has 0 atom stereocenters.